The maximum atomic E-state index is 11.2. The monoisotopic (exact) mass is 230 g/mol. The Morgan fingerprint density at radius 1 is 0.688 bits per heavy atom. The molecule has 0 radical (unpaired) electrons. The van der Waals surface area contributed by atoms with Crippen LogP contribution in [0.5, 0.6) is 0 Å². The minimum Gasteiger partial charge on any atom is -0.454 e. The van der Waals surface area contributed by atoms with Crippen LogP contribution in [0.4, 0.5) is 0 Å². The Morgan fingerprint density at radius 3 is 1.12 bits per heavy atom. The second kappa shape index (κ2) is 4.63. The summed E-state index contributed by atoms with van der Waals surface area (Å²) in [5, 5.41) is 0. The Bertz CT molecular complexity index is 273. The van der Waals surface area contributed by atoms with E-state index < -0.39 is 28.9 Å². The summed E-state index contributed by atoms with van der Waals surface area (Å²) in [7, 11) is 0. The first-order valence-corrected chi connectivity index (χ1v) is 4.93. The zero-order valence-corrected chi connectivity index (χ0v) is 10.5. The molecule has 0 heterocycles. The van der Waals surface area contributed by atoms with Crippen LogP contribution >= 0.6 is 0 Å². The van der Waals surface area contributed by atoms with Crippen LogP contribution in [0.2, 0.25) is 0 Å². The van der Waals surface area contributed by atoms with Gasteiger partial charge >= 0.3 is 17.7 Å². The second-order valence-electron chi connectivity index (χ2n) is 5.33. The maximum absolute atomic E-state index is 11.2. The summed E-state index contributed by atoms with van der Waals surface area (Å²) in [4.78, 5) is 33.7. The third-order valence-electron chi connectivity index (χ3n) is 1.17. The van der Waals surface area contributed by atoms with Gasteiger partial charge in [-0.1, -0.05) is 0 Å². The standard InChI is InChI=1S/C11H18O5/c1-10(2,3)15-8(13)7(12)9(14)16-11(4,5)6/h1-6H3. The van der Waals surface area contributed by atoms with Crippen molar-refractivity contribution < 1.29 is 23.9 Å². The lowest BCUT2D eigenvalue weighted by Gasteiger charge is -2.20. The molecule has 0 N–H and O–H groups in total. The molecular weight excluding hydrogens is 212 g/mol. The summed E-state index contributed by atoms with van der Waals surface area (Å²) in [5.41, 5.74) is -1.62. The molecule has 0 spiro atoms. The van der Waals surface area contributed by atoms with Gasteiger partial charge in [0.1, 0.15) is 11.2 Å². The highest BCUT2D eigenvalue weighted by molar-refractivity contribution is 6.60. The molecule has 0 fully saturated rings. The number of carbonyl (C=O) groups is 3. The molecule has 0 bridgehead atoms. The topological polar surface area (TPSA) is 69.7 Å². The lowest BCUT2D eigenvalue weighted by molar-refractivity contribution is -0.173. The Morgan fingerprint density at radius 2 is 0.938 bits per heavy atom. The van der Waals surface area contributed by atoms with Gasteiger partial charge in [-0.05, 0) is 41.5 Å². The van der Waals surface area contributed by atoms with Crippen LogP contribution in [0.15, 0.2) is 0 Å². The summed E-state index contributed by atoms with van der Waals surface area (Å²) < 4.78 is 9.49. The predicted molar refractivity (Wildman–Crippen MR) is 56.7 cm³/mol. The molecule has 92 valence electrons. The molecule has 0 aliphatic rings. The zero-order valence-electron chi connectivity index (χ0n) is 10.5. The molecule has 0 aromatic heterocycles. The van der Waals surface area contributed by atoms with E-state index in [1.807, 2.05) is 0 Å². The SMILES string of the molecule is CC(C)(C)OC(=O)C(=O)C(=O)OC(C)(C)C. The molecule has 16 heavy (non-hydrogen) atoms. The molecule has 0 unspecified atom stereocenters. The Labute approximate surface area is 95.1 Å². The van der Waals surface area contributed by atoms with Gasteiger partial charge in [0.15, 0.2) is 0 Å². The number of rotatable bonds is 2. The van der Waals surface area contributed by atoms with Gasteiger partial charge < -0.3 is 9.47 Å². The van der Waals surface area contributed by atoms with E-state index in [9.17, 15) is 14.4 Å². The molecule has 5 nitrogen and oxygen atoms in total. The molecule has 5 heteroatoms. The number of ketones is 1. The first kappa shape index (κ1) is 14.6. The van der Waals surface area contributed by atoms with Crippen molar-refractivity contribution >= 4 is 17.7 Å². The average molecular weight is 230 g/mol. The number of hydrogen-bond acceptors (Lipinski definition) is 5. The molecule has 0 aromatic carbocycles. The highest BCUT2D eigenvalue weighted by Crippen LogP contribution is 2.10. The minimum atomic E-state index is -1.29. The summed E-state index contributed by atoms with van der Waals surface area (Å²) in [5.74, 6) is -3.67. The van der Waals surface area contributed by atoms with Crippen molar-refractivity contribution in [2.45, 2.75) is 52.7 Å². The molecule has 0 amide bonds. The van der Waals surface area contributed by atoms with E-state index in [0.29, 0.717) is 0 Å². The average Bonchev–Trinajstić information content (AvgIpc) is 1.96. The smallest absolute Gasteiger partial charge is 0.387 e. The molecule has 0 aliphatic carbocycles. The van der Waals surface area contributed by atoms with Crippen molar-refractivity contribution in [1.82, 2.24) is 0 Å². The number of Topliss-reactive ketones (excluding diaryl/α,β-unsaturated/α-hetero) is 1. The van der Waals surface area contributed by atoms with Gasteiger partial charge in [-0.25, -0.2) is 9.59 Å². The van der Waals surface area contributed by atoms with Crippen LogP contribution in [-0.4, -0.2) is 28.9 Å². The van der Waals surface area contributed by atoms with Crippen LogP contribution in [0, 0.1) is 0 Å². The van der Waals surface area contributed by atoms with E-state index in [1.165, 1.54) is 0 Å². The van der Waals surface area contributed by atoms with Crippen LogP contribution < -0.4 is 0 Å². The van der Waals surface area contributed by atoms with Crippen molar-refractivity contribution in [2.75, 3.05) is 0 Å². The Kier molecular flexibility index (Phi) is 4.23. The van der Waals surface area contributed by atoms with E-state index in [4.69, 9.17) is 9.47 Å². The van der Waals surface area contributed by atoms with Gasteiger partial charge in [-0.3, -0.25) is 4.79 Å². The summed E-state index contributed by atoms with van der Waals surface area (Å²) >= 11 is 0. The molecule has 0 atom stereocenters. The van der Waals surface area contributed by atoms with Crippen LogP contribution in [0.1, 0.15) is 41.5 Å². The number of carbonyl (C=O) groups excluding carboxylic acids is 3. The first-order chi connectivity index (χ1) is 6.92. The quantitative estimate of drug-likeness (QED) is 0.405. The van der Waals surface area contributed by atoms with Crippen LogP contribution in [0.25, 0.3) is 0 Å². The number of hydrogen-bond donors (Lipinski definition) is 0. The van der Waals surface area contributed by atoms with E-state index in [0.717, 1.165) is 0 Å². The lowest BCUT2D eigenvalue weighted by Crippen LogP contribution is -2.37. The van der Waals surface area contributed by atoms with Crippen LogP contribution in [-0.2, 0) is 23.9 Å². The van der Waals surface area contributed by atoms with E-state index in [2.05, 4.69) is 0 Å². The summed E-state index contributed by atoms with van der Waals surface area (Å²) in [6.45, 7) is 9.63. The molecular formula is C11H18O5. The summed E-state index contributed by atoms with van der Waals surface area (Å²) in [6, 6.07) is 0. The Hall–Kier alpha value is -1.39. The fraction of sp³-hybridized carbons (Fsp3) is 0.727. The van der Waals surface area contributed by atoms with Gasteiger partial charge in [-0.2, -0.15) is 0 Å². The third-order valence-corrected chi connectivity index (χ3v) is 1.17. The highest BCUT2D eigenvalue weighted by Gasteiger charge is 2.32. The largest absolute Gasteiger partial charge is 0.454 e. The molecule has 0 saturated carbocycles. The van der Waals surface area contributed by atoms with Gasteiger partial charge in [0.05, 0.1) is 0 Å². The van der Waals surface area contributed by atoms with Crippen LogP contribution in [0.3, 0.4) is 0 Å². The zero-order chi connectivity index (χ0) is 13.1. The molecule has 0 aromatic rings. The maximum Gasteiger partial charge on any atom is 0.387 e. The van der Waals surface area contributed by atoms with Crippen molar-refractivity contribution in [3.8, 4) is 0 Å². The van der Waals surface area contributed by atoms with E-state index >= 15 is 0 Å². The molecule has 0 saturated heterocycles. The fourth-order valence-corrected chi connectivity index (χ4v) is 0.732. The number of esters is 2. The number of ether oxygens (including phenoxy) is 2. The van der Waals surface area contributed by atoms with Crippen molar-refractivity contribution in [2.24, 2.45) is 0 Å². The van der Waals surface area contributed by atoms with Crippen molar-refractivity contribution in [3.05, 3.63) is 0 Å². The van der Waals surface area contributed by atoms with Crippen molar-refractivity contribution in [3.63, 3.8) is 0 Å². The van der Waals surface area contributed by atoms with E-state index in [-0.39, 0.29) is 0 Å². The van der Waals surface area contributed by atoms with E-state index in [1.54, 1.807) is 41.5 Å². The predicted octanol–water partition coefficient (Wildman–Crippen LogP) is 1.24. The Balaban J connectivity index is 4.47. The van der Waals surface area contributed by atoms with Gasteiger partial charge in [0.2, 0.25) is 0 Å². The minimum absolute atomic E-state index is 0.811. The van der Waals surface area contributed by atoms with Gasteiger partial charge in [0.25, 0.3) is 0 Å². The summed E-state index contributed by atoms with van der Waals surface area (Å²) in [6.07, 6.45) is 0. The highest BCUT2D eigenvalue weighted by atomic mass is 16.6. The van der Waals surface area contributed by atoms with Gasteiger partial charge in [0, 0.05) is 0 Å². The first-order valence-electron chi connectivity index (χ1n) is 4.93. The molecule has 0 rings (SSSR count). The lowest BCUT2D eigenvalue weighted by atomic mass is 10.2. The molecule has 0 aliphatic heterocycles. The fourth-order valence-electron chi connectivity index (χ4n) is 0.732. The van der Waals surface area contributed by atoms with Gasteiger partial charge in [-0.15, -0.1) is 0 Å². The van der Waals surface area contributed by atoms with Crippen molar-refractivity contribution in [1.29, 1.82) is 0 Å². The normalized spacial score (nSPS) is 11.9. The second-order valence-corrected chi connectivity index (χ2v) is 5.33. The third kappa shape index (κ3) is 6.16.